The highest BCUT2D eigenvalue weighted by molar-refractivity contribution is 5.85. The lowest BCUT2D eigenvalue weighted by atomic mass is 9.86. The standard InChI is InChI=1S/C27H37N3O3.ClH/c1-20-10-12-21(13-11-20)18-30(26(32)33-19-22-8-6-5-7-9-22)23-14-16-29(17-15-23)25(31)24(28)27(2,3)4;/h5-13,23-24H,14-19,28H2,1-4H3;1H. The molecule has 1 saturated heterocycles. The summed E-state index contributed by atoms with van der Waals surface area (Å²) in [6, 6.07) is 17.4. The third-order valence-electron chi connectivity index (χ3n) is 6.33. The van der Waals surface area contributed by atoms with E-state index in [4.69, 9.17) is 10.5 Å². The maximum atomic E-state index is 13.1. The van der Waals surface area contributed by atoms with Crippen molar-refractivity contribution < 1.29 is 14.3 Å². The zero-order valence-corrected chi connectivity index (χ0v) is 21.5. The Morgan fingerprint density at radius 2 is 1.62 bits per heavy atom. The molecule has 1 unspecified atom stereocenters. The number of carbonyl (C=O) groups is 2. The summed E-state index contributed by atoms with van der Waals surface area (Å²) in [7, 11) is 0. The van der Waals surface area contributed by atoms with Crippen molar-refractivity contribution in [2.24, 2.45) is 11.1 Å². The first-order valence-corrected chi connectivity index (χ1v) is 11.7. The second-order valence-corrected chi connectivity index (χ2v) is 10.1. The molecular formula is C27H38ClN3O3. The Morgan fingerprint density at radius 1 is 1.03 bits per heavy atom. The Morgan fingerprint density at radius 3 is 2.18 bits per heavy atom. The zero-order valence-electron chi connectivity index (χ0n) is 20.7. The monoisotopic (exact) mass is 487 g/mol. The van der Waals surface area contributed by atoms with Gasteiger partial charge in [-0.15, -0.1) is 12.4 Å². The summed E-state index contributed by atoms with van der Waals surface area (Å²) in [5, 5.41) is 0. The summed E-state index contributed by atoms with van der Waals surface area (Å²) < 4.78 is 5.68. The normalized spacial score (nSPS) is 15.3. The molecule has 3 rings (SSSR count). The van der Waals surface area contributed by atoms with Crippen LogP contribution in [0.1, 0.15) is 50.3 Å². The van der Waals surface area contributed by atoms with E-state index in [1.54, 1.807) is 0 Å². The molecule has 0 aromatic heterocycles. The number of aryl methyl sites for hydroxylation is 1. The van der Waals surface area contributed by atoms with Crippen LogP contribution in [0.2, 0.25) is 0 Å². The van der Waals surface area contributed by atoms with Gasteiger partial charge in [-0.1, -0.05) is 80.9 Å². The van der Waals surface area contributed by atoms with Crippen LogP contribution in [0.15, 0.2) is 54.6 Å². The SMILES string of the molecule is Cc1ccc(CN(C(=O)OCc2ccccc2)C2CCN(C(=O)C(N)C(C)(C)C)CC2)cc1.Cl. The van der Waals surface area contributed by atoms with Gasteiger partial charge in [-0.05, 0) is 36.3 Å². The fourth-order valence-electron chi connectivity index (χ4n) is 4.00. The molecule has 0 bridgehead atoms. The molecule has 1 fully saturated rings. The van der Waals surface area contributed by atoms with Crippen molar-refractivity contribution in [3.8, 4) is 0 Å². The minimum Gasteiger partial charge on any atom is -0.445 e. The molecule has 0 aliphatic carbocycles. The molecule has 186 valence electrons. The van der Waals surface area contributed by atoms with Gasteiger partial charge in [-0.2, -0.15) is 0 Å². The molecule has 2 aromatic carbocycles. The van der Waals surface area contributed by atoms with Crippen LogP contribution < -0.4 is 5.73 Å². The maximum Gasteiger partial charge on any atom is 0.410 e. The van der Waals surface area contributed by atoms with E-state index in [0.717, 1.165) is 11.1 Å². The lowest BCUT2D eigenvalue weighted by Crippen LogP contribution is -2.54. The third-order valence-corrected chi connectivity index (χ3v) is 6.33. The molecule has 1 heterocycles. The van der Waals surface area contributed by atoms with Gasteiger partial charge in [-0.3, -0.25) is 4.79 Å². The number of benzene rings is 2. The van der Waals surface area contributed by atoms with Gasteiger partial charge in [0.2, 0.25) is 5.91 Å². The molecular weight excluding hydrogens is 450 g/mol. The number of hydrogen-bond donors (Lipinski definition) is 1. The number of halogens is 1. The molecule has 0 saturated carbocycles. The average molecular weight is 488 g/mol. The second-order valence-electron chi connectivity index (χ2n) is 10.1. The van der Waals surface area contributed by atoms with Gasteiger partial charge >= 0.3 is 6.09 Å². The van der Waals surface area contributed by atoms with Crippen molar-refractivity contribution in [2.75, 3.05) is 13.1 Å². The largest absolute Gasteiger partial charge is 0.445 e. The van der Waals surface area contributed by atoms with E-state index in [1.807, 2.05) is 80.0 Å². The smallest absolute Gasteiger partial charge is 0.410 e. The van der Waals surface area contributed by atoms with Gasteiger partial charge in [0.15, 0.2) is 0 Å². The van der Waals surface area contributed by atoms with Crippen LogP contribution in [-0.4, -0.2) is 47.0 Å². The molecule has 0 spiro atoms. The van der Waals surface area contributed by atoms with E-state index in [-0.39, 0.29) is 42.5 Å². The quantitative estimate of drug-likeness (QED) is 0.627. The van der Waals surface area contributed by atoms with Crippen LogP contribution in [0.4, 0.5) is 4.79 Å². The summed E-state index contributed by atoms with van der Waals surface area (Å²) in [4.78, 5) is 29.6. The van der Waals surface area contributed by atoms with Crippen molar-refractivity contribution in [1.29, 1.82) is 0 Å². The predicted octanol–water partition coefficient (Wildman–Crippen LogP) is 4.92. The number of nitrogens with zero attached hydrogens (tertiary/aromatic N) is 2. The lowest BCUT2D eigenvalue weighted by Gasteiger charge is -2.40. The number of nitrogens with two attached hydrogens (primary N) is 1. The van der Waals surface area contributed by atoms with Gasteiger partial charge in [-0.25, -0.2) is 4.79 Å². The Balaban J connectivity index is 0.00000408. The van der Waals surface area contributed by atoms with Crippen LogP contribution in [0, 0.1) is 12.3 Å². The van der Waals surface area contributed by atoms with Crippen molar-refractivity contribution in [2.45, 2.75) is 65.8 Å². The molecule has 2 amide bonds. The Labute approximate surface area is 209 Å². The highest BCUT2D eigenvalue weighted by Gasteiger charge is 2.35. The zero-order chi connectivity index (χ0) is 24.0. The van der Waals surface area contributed by atoms with Crippen LogP contribution in [0.25, 0.3) is 0 Å². The summed E-state index contributed by atoms with van der Waals surface area (Å²) in [5.74, 6) is -0.0160. The van der Waals surface area contributed by atoms with Gasteiger partial charge in [0.25, 0.3) is 0 Å². The maximum absolute atomic E-state index is 13.1. The van der Waals surface area contributed by atoms with Gasteiger partial charge in [0.05, 0.1) is 6.04 Å². The van der Waals surface area contributed by atoms with Crippen molar-refractivity contribution >= 4 is 24.4 Å². The predicted molar refractivity (Wildman–Crippen MR) is 138 cm³/mol. The number of rotatable bonds is 6. The van der Waals surface area contributed by atoms with Gasteiger partial charge < -0.3 is 20.3 Å². The molecule has 1 aliphatic rings. The van der Waals surface area contributed by atoms with Crippen molar-refractivity contribution in [3.63, 3.8) is 0 Å². The van der Waals surface area contributed by atoms with Gasteiger partial charge in [0.1, 0.15) is 6.61 Å². The fourth-order valence-corrected chi connectivity index (χ4v) is 4.00. The molecule has 1 atom stereocenters. The minimum absolute atomic E-state index is 0. The van der Waals surface area contributed by atoms with E-state index >= 15 is 0 Å². The van der Waals surface area contributed by atoms with Crippen molar-refractivity contribution in [3.05, 3.63) is 71.3 Å². The first-order chi connectivity index (χ1) is 15.6. The first-order valence-electron chi connectivity index (χ1n) is 11.7. The number of piperidine rings is 1. The Bertz CT molecular complexity index is 920. The number of hydrogen-bond acceptors (Lipinski definition) is 4. The Kier molecular flexibility index (Phi) is 9.95. The number of likely N-dealkylation sites (tertiary alicyclic amines) is 1. The molecule has 2 aromatic rings. The summed E-state index contributed by atoms with van der Waals surface area (Å²) in [6.07, 6.45) is 1.08. The van der Waals surface area contributed by atoms with E-state index in [9.17, 15) is 9.59 Å². The number of amides is 2. The molecule has 2 N–H and O–H groups in total. The van der Waals surface area contributed by atoms with Gasteiger partial charge in [0, 0.05) is 25.7 Å². The average Bonchev–Trinajstić information content (AvgIpc) is 2.81. The molecule has 1 aliphatic heterocycles. The topological polar surface area (TPSA) is 75.9 Å². The molecule has 6 nitrogen and oxygen atoms in total. The lowest BCUT2D eigenvalue weighted by molar-refractivity contribution is -0.136. The molecule has 7 heteroatoms. The summed E-state index contributed by atoms with van der Waals surface area (Å²) in [6.45, 7) is 9.88. The minimum atomic E-state index is -0.534. The second kappa shape index (κ2) is 12.2. The summed E-state index contributed by atoms with van der Waals surface area (Å²) >= 11 is 0. The van der Waals surface area contributed by atoms with E-state index in [1.165, 1.54) is 5.56 Å². The molecule has 0 radical (unpaired) electrons. The number of carbonyl (C=O) groups excluding carboxylic acids is 2. The van der Waals surface area contributed by atoms with Crippen molar-refractivity contribution in [1.82, 2.24) is 9.80 Å². The van der Waals surface area contributed by atoms with E-state index < -0.39 is 6.04 Å². The highest BCUT2D eigenvalue weighted by Crippen LogP contribution is 2.24. The van der Waals surface area contributed by atoms with Crippen LogP contribution in [0.5, 0.6) is 0 Å². The first kappa shape index (κ1) is 27.7. The van der Waals surface area contributed by atoms with Crippen LogP contribution >= 0.6 is 12.4 Å². The fraction of sp³-hybridized carbons (Fsp3) is 0.481. The van der Waals surface area contributed by atoms with Crippen LogP contribution in [0.3, 0.4) is 0 Å². The Hall–Kier alpha value is -2.57. The summed E-state index contributed by atoms with van der Waals surface area (Å²) in [5.41, 5.74) is 9.11. The number of ether oxygens (including phenoxy) is 1. The highest BCUT2D eigenvalue weighted by atomic mass is 35.5. The van der Waals surface area contributed by atoms with E-state index in [2.05, 4.69) is 12.1 Å². The molecule has 34 heavy (non-hydrogen) atoms. The van der Waals surface area contributed by atoms with E-state index in [0.29, 0.717) is 32.5 Å². The third kappa shape index (κ3) is 7.47. The van der Waals surface area contributed by atoms with Crippen LogP contribution in [-0.2, 0) is 22.7 Å².